The Bertz CT molecular complexity index is 551. The molecule has 0 radical (unpaired) electrons. The van der Waals surface area contributed by atoms with Gasteiger partial charge in [-0.2, -0.15) is 0 Å². The second-order valence-corrected chi connectivity index (χ2v) is 6.47. The lowest BCUT2D eigenvalue weighted by Gasteiger charge is -2.29. The fourth-order valence-corrected chi connectivity index (χ4v) is 3.30. The van der Waals surface area contributed by atoms with Crippen LogP contribution in [0.15, 0.2) is 29.3 Å². The number of halogens is 1. The van der Waals surface area contributed by atoms with Crippen LogP contribution in [0.2, 0.25) is 0 Å². The topological polar surface area (TPSA) is 58.1 Å². The third-order valence-electron chi connectivity index (χ3n) is 4.71. The quantitative estimate of drug-likeness (QED) is 0.229. The molecule has 1 unspecified atom stereocenters. The number of likely N-dealkylation sites (tertiary alicyclic amines) is 1. The first kappa shape index (κ1) is 24.0. The van der Waals surface area contributed by atoms with Crippen molar-refractivity contribution in [1.82, 2.24) is 15.5 Å². The van der Waals surface area contributed by atoms with Crippen LogP contribution in [0, 0.1) is 0 Å². The number of hydrogen-bond acceptors (Lipinski definition) is 4. The first-order valence-electron chi connectivity index (χ1n) is 9.68. The Hall–Kier alpha value is -1.06. The predicted octanol–water partition coefficient (Wildman–Crippen LogP) is 3.04. The molecule has 0 aliphatic carbocycles. The van der Waals surface area contributed by atoms with Crippen molar-refractivity contribution < 1.29 is 9.47 Å². The number of ether oxygens (including phenoxy) is 2. The van der Waals surface area contributed by atoms with Crippen LogP contribution in [0.25, 0.3) is 0 Å². The molecule has 0 spiro atoms. The molecule has 6 nitrogen and oxygen atoms in total. The van der Waals surface area contributed by atoms with Crippen molar-refractivity contribution in [1.29, 1.82) is 0 Å². The molecule has 1 aliphatic heterocycles. The molecule has 2 rings (SSSR count). The van der Waals surface area contributed by atoms with Crippen LogP contribution in [-0.4, -0.2) is 64.4 Å². The number of guanidine groups is 1. The van der Waals surface area contributed by atoms with Gasteiger partial charge in [-0.25, -0.2) is 0 Å². The number of rotatable bonds is 10. The highest BCUT2D eigenvalue weighted by Gasteiger charge is 2.24. The van der Waals surface area contributed by atoms with Gasteiger partial charge >= 0.3 is 0 Å². The molecule has 7 heteroatoms. The van der Waals surface area contributed by atoms with Gasteiger partial charge in [-0.1, -0.05) is 12.1 Å². The van der Waals surface area contributed by atoms with Gasteiger partial charge in [0.25, 0.3) is 0 Å². The van der Waals surface area contributed by atoms with Crippen LogP contribution < -0.4 is 15.4 Å². The Morgan fingerprint density at radius 1 is 1.26 bits per heavy atom. The van der Waals surface area contributed by atoms with Gasteiger partial charge in [-0.15, -0.1) is 24.0 Å². The largest absolute Gasteiger partial charge is 0.497 e. The van der Waals surface area contributed by atoms with E-state index in [0.29, 0.717) is 6.04 Å². The van der Waals surface area contributed by atoms with Crippen LogP contribution in [0.1, 0.15) is 37.8 Å². The third kappa shape index (κ3) is 8.23. The number of hydrogen-bond donors (Lipinski definition) is 2. The summed E-state index contributed by atoms with van der Waals surface area (Å²) in [5.41, 5.74) is 1.28. The number of nitrogens with zero attached hydrogens (tertiary/aromatic N) is 2. The lowest BCUT2D eigenvalue weighted by Crippen LogP contribution is -2.43. The summed E-state index contributed by atoms with van der Waals surface area (Å²) in [6.45, 7) is 7.52. The zero-order valence-corrected chi connectivity index (χ0v) is 19.2. The first-order chi connectivity index (χ1) is 12.8. The molecule has 1 atom stereocenters. The number of nitrogens with one attached hydrogen (secondary N) is 2. The molecule has 1 aliphatic rings. The SMILES string of the molecule is CCOCCCNC(=NC)NCC(c1cccc(OC)c1)N1CCCC1.I. The average molecular weight is 490 g/mol. The molecule has 0 amide bonds. The lowest BCUT2D eigenvalue weighted by atomic mass is 10.1. The van der Waals surface area contributed by atoms with Gasteiger partial charge in [0.2, 0.25) is 0 Å². The summed E-state index contributed by atoms with van der Waals surface area (Å²) in [6, 6.07) is 8.71. The first-order valence-corrected chi connectivity index (χ1v) is 9.68. The van der Waals surface area contributed by atoms with Crippen molar-refractivity contribution in [3.63, 3.8) is 0 Å². The maximum Gasteiger partial charge on any atom is 0.191 e. The van der Waals surface area contributed by atoms with Crippen LogP contribution >= 0.6 is 24.0 Å². The molecule has 1 aromatic carbocycles. The molecule has 0 aromatic heterocycles. The minimum atomic E-state index is 0. The molecular weight excluding hydrogens is 455 g/mol. The molecule has 27 heavy (non-hydrogen) atoms. The zero-order chi connectivity index (χ0) is 18.6. The van der Waals surface area contributed by atoms with E-state index in [1.807, 2.05) is 20.0 Å². The highest BCUT2D eigenvalue weighted by atomic mass is 127. The van der Waals surface area contributed by atoms with E-state index in [1.165, 1.54) is 18.4 Å². The molecule has 1 aromatic rings. The smallest absolute Gasteiger partial charge is 0.191 e. The molecule has 0 bridgehead atoms. The highest BCUT2D eigenvalue weighted by Crippen LogP contribution is 2.27. The Labute approximate surface area is 181 Å². The van der Waals surface area contributed by atoms with Crippen LogP contribution in [-0.2, 0) is 4.74 Å². The Balaban J connectivity index is 0.00000364. The minimum absolute atomic E-state index is 0. The Morgan fingerprint density at radius 3 is 2.70 bits per heavy atom. The van der Waals surface area contributed by atoms with Gasteiger partial charge in [0.15, 0.2) is 5.96 Å². The summed E-state index contributed by atoms with van der Waals surface area (Å²) in [4.78, 5) is 6.89. The van der Waals surface area contributed by atoms with Gasteiger partial charge in [0.1, 0.15) is 5.75 Å². The molecule has 0 saturated carbocycles. The molecule has 1 saturated heterocycles. The second kappa shape index (κ2) is 14.0. The van der Waals surface area contributed by atoms with Crippen LogP contribution in [0.4, 0.5) is 0 Å². The Kier molecular flexibility index (Phi) is 12.4. The van der Waals surface area contributed by atoms with E-state index in [1.54, 1.807) is 7.11 Å². The number of methoxy groups -OCH3 is 1. The molecule has 154 valence electrons. The van der Waals surface area contributed by atoms with Gasteiger partial charge in [0, 0.05) is 33.4 Å². The normalized spacial score (nSPS) is 15.9. The standard InChI is InChI=1S/C20H34N4O2.HI/c1-4-26-14-8-11-22-20(21-2)23-16-19(24-12-5-6-13-24)17-9-7-10-18(15-17)25-3;/h7,9-10,15,19H,4-6,8,11-14,16H2,1-3H3,(H2,21,22,23);1H. The van der Waals surface area contributed by atoms with Crippen molar-refractivity contribution in [2.45, 2.75) is 32.2 Å². The zero-order valence-electron chi connectivity index (χ0n) is 16.9. The van der Waals surface area contributed by atoms with Crippen molar-refractivity contribution in [2.24, 2.45) is 4.99 Å². The molecule has 1 heterocycles. The summed E-state index contributed by atoms with van der Waals surface area (Å²) >= 11 is 0. The van der Waals surface area contributed by atoms with E-state index in [0.717, 1.165) is 57.5 Å². The second-order valence-electron chi connectivity index (χ2n) is 6.47. The molecule has 1 fully saturated rings. The lowest BCUT2D eigenvalue weighted by molar-refractivity contribution is 0.145. The van der Waals surface area contributed by atoms with Crippen LogP contribution in [0.3, 0.4) is 0 Å². The van der Waals surface area contributed by atoms with Gasteiger partial charge in [-0.3, -0.25) is 9.89 Å². The summed E-state index contributed by atoms with van der Waals surface area (Å²) in [5.74, 6) is 1.75. The molecular formula is C20H35IN4O2. The summed E-state index contributed by atoms with van der Waals surface area (Å²) in [5, 5.41) is 6.85. The summed E-state index contributed by atoms with van der Waals surface area (Å²) in [7, 11) is 3.53. The van der Waals surface area contributed by atoms with Crippen molar-refractivity contribution in [3.05, 3.63) is 29.8 Å². The van der Waals surface area contributed by atoms with Crippen LogP contribution in [0.5, 0.6) is 5.75 Å². The monoisotopic (exact) mass is 490 g/mol. The maximum absolute atomic E-state index is 5.41. The van der Waals surface area contributed by atoms with Gasteiger partial charge in [0.05, 0.1) is 13.2 Å². The summed E-state index contributed by atoms with van der Waals surface area (Å²) < 4.78 is 10.8. The van der Waals surface area contributed by atoms with Crippen molar-refractivity contribution >= 4 is 29.9 Å². The fraction of sp³-hybridized carbons (Fsp3) is 0.650. The van der Waals surface area contributed by atoms with Crippen molar-refractivity contribution in [2.75, 3.05) is 53.6 Å². The summed E-state index contributed by atoms with van der Waals surface area (Å²) in [6.07, 6.45) is 3.51. The van der Waals surface area contributed by atoms with E-state index < -0.39 is 0 Å². The molecule has 2 N–H and O–H groups in total. The van der Waals surface area contributed by atoms with E-state index in [-0.39, 0.29) is 24.0 Å². The minimum Gasteiger partial charge on any atom is -0.497 e. The van der Waals surface area contributed by atoms with E-state index >= 15 is 0 Å². The number of aliphatic imine (C=N–C) groups is 1. The number of benzene rings is 1. The predicted molar refractivity (Wildman–Crippen MR) is 122 cm³/mol. The van der Waals surface area contributed by atoms with Gasteiger partial charge < -0.3 is 20.1 Å². The Morgan fingerprint density at radius 2 is 2.04 bits per heavy atom. The van der Waals surface area contributed by atoms with E-state index in [9.17, 15) is 0 Å². The van der Waals surface area contributed by atoms with E-state index in [2.05, 4.69) is 38.7 Å². The van der Waals surface area contributed by atoms with Crippen molar-refractivity contribution in [3.8, 4) is 5.75 Å². The average Bonchev–Trinajstić information content (AvgIpc) is 3.21. The third-order valence-corrected chi connectivity index (χ3v) is 4.71. The highest BCUT2D eigenvalue weighted by molar-refractivity contribution is 14.0. The van der Waals surface area contributed by atoms with E-state index in [4.69, 9.17) is 9.47 Å². The maximum atomic E-state index is 5.41. The van der Waals surface area contributed by atoms with Gasteiger partial charge in [-0.05, 0) is 57.0 Å². The fourth-order valence-electron chi connectivity index (χ4n) is 3.30.